The molecule has 1 atom stereocenters. The van der Waals surface area contributed by atoms with Gasteiger partial charge in [-0.3, -0.25) is 0 Å². The number of hydrogen-bond acceptors (Lipinski definition) is 1. The summed E-state index contributed by atoms with van der Waals surface area (Å²) in [6.07, 6.45) is 16.6. The first-order valence-corrected chi connectivity index (χ1v) is 8.61. The van der Waals surface area contributed by atoms with Crippen LogP contribution in [0.1, 0.15) is 77.6 Å². The van der Waals surface area contributed by atoms with Crippen molar-refractivity contribution in [1.82, 2.24) is 5.32 Å². The van der Waals surface area contributed by atoms with Crippen LogP contribution in [0.3, 0.4) is 0 Å². The average molecular weight is 251 g/mol. The fourth-order valence-corrected chi connectivity index (χ4v) is 4.19. The molecular formula is C17H33N. The average Bonchev–Trinajstić information content (AvgIpc) is 2.94. The lowest BCUT2D eigenvalue weighted by molar-refractivity contribution is 0.255. The normalized spacial score (nSPS) is 24.5. The summed E-state index contributed by atoms with van der Waals surface area (Å²) in [6.45, 7) is 4.67. The van der Waals surface area contributed by atoms with Crippen molar-refractivity contribution in [3.63, 3.8) is 0 Å². The molecule has 0 bridgehead atoms. The first kappa shape index (κ1) is 14.4. The van der Waals surface area contributed by atoms with Crippen molar-refractivity contribution in [2.45, 2.75) is 77.6 Å². The molecule has 0 spiro atoms. The van der Waals surface area contributed by atoms with Gasteiger partial charge < -0.3 is 5.32 Å². The Hall–Kier alpha value is -0.0400. The van der Waals surface area contributed by atoms with Gasteiger partial charge in [-0.15, -0.1) is 0 Å². The van der Waals surface area contributed by atoms with E-state index >= 15 is 0 Å². The van der Waals surface area contributed by atoms with Crippen molar-refractivity contribution >= 4 is 0 Å². The van der Waals surface area contributed by atoms with Gasteiger partial charge in [0, 0.05) is 0 Å². The molecule has 0 aromatic rings. The lowest BCUT2D eigenvalue weighted by Gasteiger charge is -2.27. The molecule has 0 aliphatic heterocycles. The summed E-state index contributed by atoms with van der Waals surface area (Å²) in [4.78, 5) is 0. The summed E-state index contributed by atoms with van der Waals surface area (Å²) >= 11 is 0. The van der Waals surface area contributed by atoms with Crippen LogP contribution in [0, 0.1) is 17.8 Å². The van der Waals surface area contributed by atoms with Gasteiger partial charge in [0.1, 0.15) is 0 Å². The van der Waals surface area contributed by atoms with Gasteiger partial charge in [0.2, 0.25) is 0 Å². The molecule has 1 heteroatoms. The first-order chi connectivity index (χ1) is 8.90. The van der Waals surface area contributed by atoms with Gasteiger partial charge in [-0.1, -0.05) is 71.1 Å². The highest BCUT2D eigenvalue weighted by Crippen LogP contribution is 2.36. The largest absolute Gasteiger partial charge is 0.317 e. The Morgan fingerprint density at radius 1 is 0.944 bits per heavy atom. The molecule has 2 fully saturated rings. The maximum Gasteiger partial charge on any atom is -0.00180 e. The quantitative estimate of drug-likeness (QED) is 0.687. The van der Waals surface area contributed by atoms with Crippen LogP contribution in [0.5, 0.6) is 0 Å². The maximum absolute atomic E-state index is 3.61. The molecule has 1 unspecified atom stereocenters. The van der Waals surface area contributed by atoms with Crippen molar-refractivity contribution in [2.75, 3.05) is 13.1 Å². The second-order valence-electron chi connectivity index (χ2n) is 6.69. The van der Waals surface area contributed by atoms with Crippen LogP contribution >= 0.6 is 0 Å². The Bertz CT molecular complexity index is 202. The van der Waals surface area contributed by atoms with Gasteiger partial charge in [-0.25, -0.2) is 0 Å². The Balaban J connectivity index is 1.72. The van der Waals surface area contributed by atoms with Crippen LogP contribution in [0.25, 0.3) is 0 Å². The Morgan fingerprint density at radius 2 is 1.61 bits per heavy atom. The fraction of sp³-hybridized carbons (Fsp3) is 1.00. The molecule has 106 valence electrons. The molecule has 2 rings (SSSR count). The highest BCUT2D eigenvalue weighted by molar-refractivity contribution is 4.78. The van der Waals surface area contributed by atoms with Gasteiger partial charge in [-0.2, -0.15) is 0 Å². The van der Waals surface area contributed by atoms with E-state index < -0.39 is 0 Å². The summed E-state index contributed by atoms with van der Waals surface area (Å²) in [6, 6.07) is 0. The zero-order valence-corrected chi connectivity index (χ0v) is 12.4. The minimum absolute atomic E-state index is 0.981. The standard InChI is InChI=1S/C17H33N/c1-2-18-14-17(16-10-6-7-11-16)13-12-15-8-4-3-5-9-15/h15-18H,2-14H2,1H3. The third-order valence-electron chi connectivity index (χ3n) is 5.39. The summed E-state index contributed by atoms with van der Waals surface area (Å²) < 4.78 is 0. The van der Waals surface area contributed by atoms with E-state index in [2.05, 4.69) is 12.2 Å². The second kappa shape index (κ2) is 8.19. The summed E-state index contributed by atoms with van der Waals surface area (Å²) in [7, 11) is 0. The molecule has 0 saturated heterocycles. The third-order valence-corrected chi connectivity index (χ3v) is 5.39. The minimum atomic E-state index is 0.981. The van der Waals surface area contributed by atoms with Crippen molar-refractivity contribution in [1.29, 1.82) is 0 Å². The molecule has 0 aromatic heterocycles. The van der Waals surface area contributed by atoms with Crippen LogP contribution in [0.4, 0.5) is 0 Å². The second-order valence-corrected chi connectivity index (χ2v) is 6.69. The molecule has 2 aliphatic carbocycles. The molecule has 18 heavy (non-hydrogen) atoms. The van der Waals surface area contributed by atoms with Crippen LogP contribution in [0.2, 0.25) is 0 Å². The molecule has 1 nitrogen and oxygen atoms in total. The van der Waals surface area contributed by atoms with E-state index in [1.54, 1.807) is 0 Å². The highest BCUT2D eigenvalue weighted by Gasteiger charge is 2.25. The van der Waals surface area contributed by atoms with Crippen molar-refractivity contribution < 1.29 is 0 Å². The van der Waals surface area contributed by atoms with E-state index in [1.165, 1.54) is 77.2 Å². The Labute approximate surface area is 114 Å². The Morgan fingerprint density at radius 3 is 2.28 bits per heavy atom. The van der Waals surface area contributed by atoms with Crippen LogP contribution in [-0.2, 0) is 0 Å². The number of nitrogens with one attached hydrogen (secondary N) is 1. The van der Waals surface area contributed by atoms with Gasteiger partial charge in [0.25, 0.3) is 0 Å². The molecule has 1 N–H and O–H groups in total. The predicted molar refractivity (Wildman–Crippen MR) is 79.8 cm³/mol. The SMILES string of the molecule is CCNCC(CCC1CCCCC1)C1CCCC1. The predicted octanol–water partition coefficient (Wildman–Crippen LogP) is 4.76. The van der Waals surface area contributed by atoms with Gasteiger partial charge in [-0.05, 0) is 37.3 Å². The first-order valence-electron chi connectivity index (χ1n) is 8.61. The molecular weight excluding hydrogens is 218 g/mol. The Kier molecular flexibility index (Phi) is 6.54. The molecule has 2 aliphatic rings. The summed E-state index contributed by atoms with van der Waals surface area (Å²) in [5.41, 5.74) is 0. The van der Waals surface area contributed by atoms with Crippen molar-refractivity contribution in [2.24, 2.45) is 17.8 Å². The van der Waals surface area contributed by atoms with Crippen molar-refractivity contribution in [3.05, 3.63) is 0 Å². The number of rotatable bonds is 7. The molecule has 0 radical (unpaired) electrons. The van der Waals surface area contributed by atoms with E-state index in [4.69, 9.17) is 0 Å². The van der Waals surface area contributed by atoms with Crippen LogP contribution in [0.15, 0.2) is 0 Å². The third kappa shape index (κ3) is 4.57. The topological polar surface area (TPSA) is 12.0 Å². The monoisotopic (exact) mass is 251 g/mol. The van der Waals surface area contributed by atoms with Gasteiger partial charge >= 0.3 is 0 Å². The summed E-state index contributed by atoms with van der Waals surface area (Å²) in [5, 5.41) is 3.61. The van der Waals surface area contributed by atoms with Gasteiger partial charge in [0.05, 0.1) is 0 Å². The van der Waals surface area contributed by atoms with Crippen molar-refractivity contribution in [3.8, 4) is 0 Å². The lowest BCUT2D eigenvalue weighted by Crippen LogP contribution is -2.28. The molecule has 0 aromatic carbocycles. The van der Waals surface area contributed by atoms with E-state index in [0.29, 0.717) is 0 Å². The minimum Gasteiger partial charge on any atom is -0.317 e. The van der Waals surface area contributed by atoms with Gasteiger partial charge in [0.15, 0.2) is 0 Å². The highest BCUT2D eigenvalue weighted by atomic mass is 14.8. The molecule has 0 amide bonds. The van der Waals surface area contributed by atoms with Crippen LogP contribution in [-0.4, -0.2) is 13.1 Å². The van der Waals surface area contributed by atoms with E-state index in [-0.39, 0.29) is 0 Å². The molecule has 0 heterocycles. The molecule has 2 saturated carbocycles. The van der Waals surface area contributed by atoms with E-state index in [9.17, 15) is 0 Å². The smallest absolute Gasteiger partial charge is 0.00180 e. The fourth-order valence-electron chi connectivity index (χ4n) is 4.19. The zero-order chi connectivity index (χ0) is 12.6. The lowest BCUT2D eigenvalue weighted by atomic mass is 9.80. The van der Waals surface area contributed by atoms with Crippen LogP contribution < -0.4 is 5.32 Å². The maximum atomic E-state index is 3.61. The van der Waals surface area contributed by atoms with E-state index in [0.717, 1.165) is 24.3 Å². The number of hydrogen-bond donors (Lipinski definition) is 1. The zero-order valence-electron chi connectivity index (χ0n) is 12.4. The van der Waals surface area contributed by atoms with E-state index in [1.807, 2.05) is 0 Å². The summed E-state index contributed by atoms with van der Waals surface area (Å²) in [5.74, 6) is 3.10.